The Morgan fingerprint density at radius 2 is 2.00 bits per heavy atom. The number of phenolic OH excluding ortho intramolecular Hbond substituents is 1. The third-order valence-electron chi connectivity index (χ3n) is 2.11. The number of aromatic hydroxyl groups is 1. The van der Waals surface area contributed by atoms with Crippen molar-refractivity contribution in [1.29, 1.82) is 0 Å². The number of alkyl halides is 3. The van der Waals surface area contributed by atoms with Crippen molar-refractivity contribution in [2.45, 2.75) is 12.3 Å². The average Bonchev–Trinajstić information content (AvgIpc) is 2.28. The van der Waals surface area contributed by atoms with Crippen LogP contribution in [0.4, 0.5) is 17.6 Å². The first-order valence-corrected chi connectivity index (χ1v) is 5.63. The quantitative estimate of drug-likeness (QED) is 0.733. The predicted octanol–water partition coefficient (Wildman–Crippen LogP) is 1.95. The zero-order chi connectivity index (χ0) is 14.8. The van der Waals surface area contributed by atoms with Crippen molar-refractivity contribution < 1.29 is 32.6 Å². The molecule has 0 aliphatic rings. The van der Waals surface area contributed by atoms with Crippen LogP contribution in [-0.2, 0) is 0 Å². The Bertz CT molecular complexity index is 492. The van der Waals surface area contributed by atoms with E-state index in [4.69, 9.17) is 5.11 Å². The van der Waals surface area contributed by atoms with E-state index < -0.39 is 41.9 Å². The number of benzene rings is 1. The molecule has 106 valence electrons. The van der Waals surface area contributed by atoms with E-state index in [1.165, 1.54) is 0 Å². The van der Waals surface area contributed by atoms with E-state index in [-0.39, 0.29) is 4.47 Å². The molecule has 0 heterocycles. The van der Waals surface area contributed by atoms with Crippen LogP contribution in [0.5, 0.6) is 5.75 Å². The smallest absolute Gasteiger partial charge is 0.416 e. The van der Waals surface area contributed by atoms with Crippen LogP contribution in [0.1, 0.15) is 10.4 Å². The number of hydrogen-bond acceptors (Lipinski definition) is 3. The number of carbonyl (C=O) groups excluding carboxylic acids is 1. The van der Waals surface area contributed by atoms with E-state index in [2.05, 4.69) is 15.9 Å². The largest absolute Gasteiger partial charge is 0.506 e. The van der Waals surface area contributed by atoms with Crippen LogP contribution in [-0.4, -0.2) is 34.9 Å². The molecule has 1 atom stereocenters. The van der Waals surface area contributed by atoms with Gasteiger partial charge in [-0.3, -0.25) is 4.79 Å². The number of rotatable bonds is 3. The second-order valence-electron chi connectivity index (χ2n) is 3.55. The summed E-state index contributed by atoms with van der Waals surface area (Å²) in [7, 11) is 0. The van der Waals surface area contributed by atoms with Gasteiger partial charge in [0.15, 0.2) is 6.10 Å². The Hall–Kier alpha value is -1.35. The number of halogens is 5. The summed E-state index contributed by atoms with van der Waals surface area (Å²) in [5, 5.41) is 19.9. The zero-order valence-corrected chi connectivity index (χ0v) is 10.7. The Labute approximate surface area is 113 Å². The van der Waals surface area contributed by atoms with Crippen LogP contribution in [0, 0.1) is 5.82 Å². The first kappa shape index (κ1) is 15.7. The molecule has 0 aliphatic carbocycles. The zero-order valence-electron chi connectivity index (χ0n) is 9.13. The third kappa shape index (κ3) is 4.06. The minimum atomic E-state index is -4.88. The normalized spacial score (nSPS) is 13.2. The number of aliphatic hydroxyl groups is 1. The Kier molecular flexibility index (Phi) is 4.75. The summed E-state index contributed by atoms with van der Waals surface area (Å²) < 4.78 is 48.9. The average molecular weight is 346 g/mol. The highest BCUT2D eigenvalue weighted by atomic mass is 79.9. The Morgan fingerprint density at radius 1 is 1.42 bits per heavy atom. The van der Waals surface area contributed by atoms with Gasteiger partial charge in [0, 0.05) is 0 Å². The lowest BCUT2D eigenvalue weighted by Gasteiger charge is -2.15. The second kappa shape index (κ2) is 5.74. The van der Waals surface area contributed by atoms with Crippen LogP contribution < -0.4 is 5.32 Å². The summed E-state index contributed by atoms with van der Waals surface area (Å²) >= 11 is 2.78. The number of nitrogens with one attached hydrogen (secondary N) is 1. The molecule has 0 fully saturated rings. The predicted molar refractivity (Wildman–Crippen MR) is 60.2 cm³/mol. The van der Waals surface area contributed by atoms with Gasteiger partial charge in [-0.05, 0) is 28.1 Å². The molecule has 0 aliphatic heterocycles. The van der Waals surface area contributed by atoms with Crippen molar-refractivity contribution in [2.75, 3.05) is 6.54 Å². The summed E-state index contributed by atoms with van der Waals surface area (Å²) in [6, 6.07) is 1.55. The standard InChI is InChI=1S/C10H8BrF4NO3/c11-6-2-4(12)1-5(8(6)18)9(19)16-3-7(17)10(13,14)15/h1-2,7,17-18H,3H2,(H,16,19)/t7-/m1/s1. The fourth-order valence-electron chi connectivity index (χ4n) is 1.14. The van der Waals surface area contributed by atoms with Gasteiger partial charge in [0.05, 0.1) is 16.6 Å². The van der Waals surface area contributed by atoms with Gasteiger partial charge in [-0.15, -0.1) is 0 Å². The van der Waals surface area contributed by atoms with Crippen LogP contribution in [0.2, 0.25) is 0 Å². The molecular weight excluding hydrogens is 338 g/mol. The molecule has 0 unspecified atom stereocenters. The minimum Gasteiger partial charge on any atom is -0.506 e. The van der Waals surface area contributed by atoms with Gasteiger partial charge in [0.1, 0.15) is 11.6 Å². The Morgan fingerprint density at radius 3 is 2.53 bits per heavy atom. The maximum absolute atomic E-state index is 13.0. The first-order valence-electron chi connectivity index (χ1n) is 4.84. The van der Waals surface area contributed by atoms with Crippen molar-refractivity contribution in [2.24, 2.45) is 0 Å². The van der Waals surface area contributed by atoms with E-state index in [0.717, 1.165) is 6.07 Å². The van der Waals surface area contributed by atoms with E-state index in [0.29, 0.717) is 6.07 Å². The van der Waals surface area contributed by atoms with Crippen molar-refractivity contribution in [3.63, 3.8) is 0 Å². The molecule has 19 heavy (non-hydrogen) atoms. The van der Waals surface area contributed by atoms with Crippen LogP contribution >= 0.6 is 15.9 Å². The van der Waals surface area contributed by atoms with Gasteiger partial charge in [0.2, 0.25) is 0 Å². The lowest BCUT2D eigenvalue weighted by atomic mass is 10.2. The maximum Gasteiger partial charge on any atom is 0.416 e. The van der Waals surface area contributed by atoms with Crippen LogP contribution in [0.3, 0.4) is 0 Å². The minimum absolute atomic E-state index is 0.117. The number of amides is 1. The van der Waals surface area contributed by atoms with Gasteiger partial charge in [-0.2, -0.15) is 13.2 Å². The molecule has 9 heteroatoms. The molecule has 1 amide bonds. The highest BCUT2D eigenvalue weighted by Crippen LogP contribution is 2.29. The summed E-state index contributed by atoms with van der Waals surface area (Å²) in [5.74, 6) is -2.60. The van der Waals surface area contributed by atoms with Crippen molar-refractivity contribution in [3.8, 4) is 5.75 Å². The van der Waals surface area contributed by atoms with E-state index in [1.807, 2.05) is 0 Å². The number of phenols is 1. The molecule has 1 aromatic carbocycles. The van der Waals surface area contributed by atoms with E-state index in [1.54, 1.807) is 5.32 Å². The molecule has 0 saturated heterocycles. The second-order valence-corrected chi connectivity index (χ2v) is 4.41. The molecule has 0 bridgehead atoms. The SMILES string of the molecule is O=C(NC[C@@H](O)C(F)(F)F)c1cc(F)cc(Br)c1O. The molecule has 0 radical (unpaired) electrons. The highest BCUT2D eigenvalue weighted by molar-refractivity contribution is 9.10. The van der Waals surface area contributed by atoms with E-state index >= 15 is 0 Å². The fraction of sp³-hybridized carbons (Fsp3) is 0.300. The third-order valence-corrected chi connectivity index (χ3v) is 2.71. The molecule has 0 aromatic heterocycles. The summed E-state index contributed by atoms with van der Waals surface area (Å²) in [6.07, 6.45) is -7.62. The van der Waals surface area contributed by atoms with Gasteiger partial charge in [-0.1, -0.05) is 0 Å². The van der Waals surface area contributed by atoms with Gasteiger partial charge < -0.3 is 15.5 Å². The number of hydrogen-bond donors (Lipinski definition) is 3. The van der Waals surface area contributed by atoms with Gasteiger partial charge in [-0.25, -0.2) is 4.39 Å². The van der Waals surface area contributed by atoms with Crippen molar-refractivity contribution in [1.82, 2.24) is 5.32 Å². The van der Waals surface area contributed by atoms with Crippen molar-refractivity contribution >= 4 is 21.8 Å². The molecule has 1 aromatic rings. The fourth-order valence-corrected chi connectivity index (χ4v) is 1.57. The first-order chi connectivity index (χ1) is 8.62. The highest BCUT2D eigenvalue weighted by Gasteiger charge is 2.38. The van der Waals surface area contributed by atoms with Crippen LogP contribution in [0.25, 0.3) is 0 Å². The molecule has 0 spiro atoms. The summed E-state index contributed by atoms with van der Waals surface area (Å²) in [6.45, 7) is -1.10. The monoisotopic (exact) mass is 345 g/mol. The topological polar surface area (TPSA) is 69.6 Å². The van der Waals surface area contributed by atoms with Gasteiger partial charge >= 0.3 is 6.18 Å². The summed E-state index contributed by atoms with van der Waals surface area (Å²) in [4.78, 5) is 11.5. The lowest BCUT2D eigenvalue weighted by molar-refractivity contribution is -0.201. The number of carbonyl (C=O) groups is 1. The molecule has 4 nitrogen and oxygen atoms in total. The number of aliphatic hydroxyl groups excluding tert-OH is 1. The molecular formula is C10H8BrF4NO3. The van der Waals surface area contributed by atoms with Crippen LogP contribution in [0.15, 0.2) is 16.6 Å². The maximum atomic E-state index is 13.0. The van der Waals surface area contributed by atoms with E-state index in [9.17, 15) is 27.5 Å². The lowest BCUT2D eigenvalue weighted by Crippen LogP contribution is -2.40. The molecule has 0 saturated carbocycles. The van der Waals surface area contributed by atoms with Gasteiger partial charge in [0.25, 0.3) is 5.91 Å². The Balaban J connectivity index is 2.80. The molecule has 1 rings (SSSR count). The van der Waals surface area contributed by atoms with Crippen molar-refractivity contribution in [3.05, 3.63) is 28.0 Å². The molecule has 3 N–H and O–H groups in total. The summed E-state index contributed by atoms with van der Waals surface area (Å²) in [5.41, 5.74) is -0.541.